The summed E-state index contributed by atoms with van der Waals surface area (Å²) >= 11 is 0. The molecule has 0 radical (unpaired) electrons. The van der Waals surface area contributed by atoms with Gasteiger partial charge < -0.3 is 4.74 Å². The smallest absolute Gasteiger partial charge is 0.167 e. The normalized spacial score (nSPS) is 31.6. The Morgan fingerprint density at radius 2 is 1.55 bits per heavy atom. The third-order valence-corrected chi connectivity index (χ3v) is 8.60. The predicted octanol–water partition coefficient (Wildman–Crippen LogP) is 7.69. The molecule has 6 rings (SSSR count). The van der Waals surface area contributed by atoms with Crippen LogP contribution in [-0.4, -0.2) is 23.7 Å². The lowest BCUT2D eigenvalue weighted by molar-refractivity contribution is -0.202. The summed E-state index contributed by atoms with van der Waals surface area (Å²) in [7, 11) is 0. The van der Waals surface area contributed by atoms with Crippen LogP contribution in [0.25, 0.3) is 6.08 Å². The number of allylic oxidation sites excluding steroid dienone is 2. The summed E-state index contributed by atoms with van der Waals surface area (Å²) in [6, 6.07) is 22.2. The molecule has 3 atom stereocenters. The molecule has 0 aromatic heterocycles. The number of fused-ring (bicyclic) bond motifs is 1. The van der Waals surface area contributed by atoms with Crippen LogP contribution in [0.4, 0.5) is 0 Å². The van der Waals surface area contributed by atoms with E-state index in [9.17, 15) is 0 Å². The van der Waals surface area contributed by atoms with E-state index in [1.54, 1.807) is 5.57 Å². The maximum atomic E-state index is 7.40. The Morgan fingerprint density at radius 3 is 2.33 bits per heavy atom. The molecular formula is C31H37NO. The number of benzene rings is 2. The van der Waals surface area contributed by atoms with Crippen LogP contribution in [0.1, 0.15) is 81.3 Å². The number of rotatable bonds is 3. The van der Waals surface area contributed by atoms with Crippen molar-refractivity contribution in [2.24, 2.45) is 5.92 Å². The highest BCUT2D eigenvalue weighted by Crippen LogP contribution is 2.57. The maximum absolute atomic E-state index is 7.40. The standard InChI is InChI=1S/C31H37NO/c1-4-13-24(14-5-1)23-26-17-12-18-27-29(25-15-6-2-7-16-25)28-19-8-9-20-31(28,33-30(26)27)32-21-10-3-11-22-32/h1-2,4-7,13-16,23,28-29H,3,8-12,17-22H2/t28?,29-,31?/m0/s1. The molecule has 2 nitrogen and oxygen atoms in total. The van der Waals surface area contributed by atoms with Crippen LogP contribution >= 0.6 is 0 Å². The van der Waals surface area contributed by atoms with Crippen molar-refractivity contribution < 1.29 is 4.74 Å². The number of nitrogens with zero attached hydrogens (tertiary/aromatic N) is 1. The van der Waals surface area contributed by atoms with Gasteiger partial charge in [-0.1, -0.05) is 73.5 Å². The van der Waals surface area contributed by atoms with E-state index >= 15 is 0 Å². The molecule has 172 valence electrons. The van der Waals surface area contributed by atoms with Gasteiger partial charge in [0.05, 0.1) is 0 Å². The van der Waals surface area contributed by atoms with Gasteiger partial charge in [-0.25, -0.2) is 0 Å². The van der Waals surface area contributed by atoms with Gasteiger partial charge in [0, 0.05) is 31.3 Å². The summed E-state index contributed by atoms with van der Waals surface area (Å²) in [5.41, 5.74) is 5.66. The van der Waals surface area contributed by atoms with Gasteiger partial charge in [-0.15, -0.1) is 0 Å². The SMILES string of the molecule is C(=C1CCCC2=C1OC1(N3CCCCC3)CCCCC1[C@H]2c1ccccc1)c1ccccc1. The second-order valence-electron chi connectivity index (χ2n) is 10.5. The van der Waals surface area contributed by atoms with Crippen molar-refractivity contribution in [1.29, 1.82) is 0 Å². The number of hydrogen-bond acceptors (Lipinski definition) is 2. The van der Waals surface area contributed by atoms with Crippen molar-refractivity contribution in [2.45, 2.75) is 75.9 Å². The average molecular weight is 440 g/mol. The predicted molar refractivity (Wildman–Crippen MR) is 136 cm³/mol. The second-order valence-corrected chi connectivity index (χ2v) is 10.5. The molecule has 33 heavy (non-hydrogen) atoms. The van der Waals surface area contributed by atoms with Crippen LogP contribution in [0.15, 0.2) is 77.6 Å². The summed E-state index contributed by atoms with van der Waals surface area (Å²) in [6.45, 7) is 2.39. The van der Waals surface area contributed by atoms with E-state index in [0.29, 0.717) is 11.8 Å². The first-order chi connectivity index (χ1) is 16.4. The van der Waals surface area contributed by atoms with E-state index in [4.69, 9.17) is 4.74 Å². The third-order valence-electron chi connectivity index (χ3n) is 8.60. The Balaban J connectivity index is 1.51. The molecule has 2 aromatic rings. The Hall–Kier alpha value is -2.32. The molecule has 2 heteroatoms. The lowest BCUT2D eigenvalue weighted by atomic mass is 9.64. The molecule has 2 aliphatic heterocycles. The first-order valence-corrected chi connectivity index (χ1v) is 13.3. The van der Waals surface area contributed by atoms with Crippen molar-refractivity contribution >= 4 is 6.08 Å². The summed E-state index contributed by atoms with van der Waals surface area (Å²) in [6.07, 6.45) is 15.0. The molecule has 2 unspecified atom stereocenters. The fourth-order valence-corrected chi connectivity index (χ4v) is 7.17. The van der Waals surface area contributed by atoms with Gasteiger partial charge in [-0.05, 0) is 73.3 Å². The first-order valence-electron chi connectivity index (χ1n) is 13.3. The van der Waals surface area contributed by atoms with Crippen molar-refractivity contribution in [3.05, 3.63) is 88.7 Å². The number of ether oxygens (including phenoxy) is 1. The molecule has 4 aliphatic rings. The zero-order valence-corrected chi connectivity index (χ0v) is 19.8. The Bertz CT molecular complexity index is 1020. The molecule has 0 bridgehead atoms. The van der Waals surface area contributed by atoms with Gasteiger partial charge in [-0.2, -0.15) is 0 Å². The van der Waals surface area contributed by atoms with E-state index in [0.717, 1.165) is 6.42 Å². The summed E-state index contributed by atoms with van der Waals surface area (Å²) < 4.78 is 7.40. The monoisotopic (exact) mass is 439 g/mol. The van der Waals surface area contributed by atoms with Crippen LogP contribution in [0.5, 0.6) is 0 Å². The van der Waals surface area contributed by atoms with E-state index < -0.39 is 0 Å². The van der Waals surface area contributed by atoms with Gasteiger partial charge in [0.25, 0.3) is 0 Å². The van der Waals surface area contributed by atoms with Crippen LogP contribution < -0.4 is 0 Å². The Labute approximate surface area is 199 Å². The maximum Gasteiger partial charge on any atom is 0.167 e. The highest BCUT2D eigenvalue weighted by molar-refractivity contribution is 5.60. The molecule has 1 saturated heterocycles. The van der Waals surface area contributed by atoms with E-state index in [2.05, 4.69) is 71.6 Å². The molecular weight excluding hydrogens is 402 g/mol. The van der Waals surface area contributed by atoms with Gasteiger partial charge in [0.1, 0.15) is 5.76 Å². The van der Waals surface area contributed by atoms with Gasteiger partial charge in [0.2, 0.25) is 0 Å². The fraction of sp³-hybridized carbons (Fsp3) is 0.484. The zero-order chi connectivity index (χ0) is 22.1. The fourth-order valence-electron chi connectivity index (χ4n) is 7.17. The summed E-state index contributed by atoms with van der Waals surface area (Å²) in [4.78, 5) is 2.77. The van der Waals surface area contributed by atoms with Crippen LogP contribution in [-0.2, 0) is 4.74 Å². The average Bonchev–Trinajstić information content (AvgIpc) is 2.89. The van der Waals surface area contributed by atoms with Crippen LogP contribution in [0, 0.1) is 5.92 Å². The topological polar surface area (TPSA) is 12.5 Å². The van der Waals surface area contributed by atoms with Gasteiger partial charge in [0.15, 0.2) is 5.72 Å². The van der Waals surface area contributed by atoms with Crippen LogP contribution in [0.3, 0.4) is 0 Å². The molecule has 2 aliphatic carbocycles. The minimum atomic E-state index is -0.134. The summed E-state index contributed by atoms with van der Waals surface area (Å²) in [5, 5.41) is 0. The molecule has 2 fully saturated rings. The van der Waals surface area contributed by atoms with Crippen LogP contribution in [0.2, 0.25) is 0 Å². The molecule has 2 heterocycles. The van der Waals surface area contributed by atoms with E-state index in [1.165, 1.54) is 93.3 Å². The lowest BCUT2D eigenvalue weighted by Crippen LogP contribution is -2.61. The van der Waals surface area contributed by atoms with Crippen molar-refractivity contribution in [2.75, 3.05) is 13.1 Å². The number of hydrogen-bond donors (Lipinski definition) is 0. The molecule has 0 amide bonds. The largest absolute Gasteiger partial charge is 0.472 e. The lowest BCUT2D eigenvalue weighted by Gasteiger charge is -2.58. The second kappa shape index (κ2) is 9.14. The molecule has 0 spiro atoms. The van der Waals surface area contributed by atoms with Gasteiger partial charge in [-0.3, -0.25) is 4.90 Å². The van der Waals surface area contributed by atoms with Crippen molar-refractivity contribution in [3.8, 4) is 0 Å². The minimum absolute atomic E-state index is 0.134. The van der Waals surface area contributed by atoms with E-state index in [1.807, 2.05) is 0 Å². The van der Waals surface area contributed by atoms with Crippen molar-refractivity contribution in [1.82, 2.24) is 4.90 Å². The number of likely N-dealkylation sites (tertiary alicyclic amines) is 1. The van der Waals surface area contributed by atoms with Crippen molar-refractivity contribution in [3.63, 3.8) is 0 Å². The third kappa shape index (κ3) is 3.87. The Kier molecular flexibility index (Phi) is 5.88. The summed E-state index contributed by atoms with van der Waals surface area (Å²) in [5.74, 6) is 2.29. The molecule has 2 aromatic carbocycles. The molecule has 0 N–H and O–H groups in total. The van der Waals surface area contributed by atoms with Gasteiger partial charge >= 0.3 is 0 Å². The highest BCUT2D eigenvalue weighted by atomic mass is 16.5. The number of piperidine rings is 1. The zero-order valence-electron chi connectivity index (χ0n) is 19.8. The highest BCUT2D eigenvalue weighted by Gasteiger charge is 2.55. The molecule has 1 saturated carbocycles. The quantitative estimate of drug-likeness (QED) is 0.486. The Morgan fingerprint density at radius 1 is 0.788 bits per heavy atom. The first kappa shape index (κ1) is 21.2. The minimum Gasteiger partial charge on any atom is -0.472 e. The van der Waals surface area contributed by atoms with E-state index in [-0.39, 0.29) is 5.72 Å².